The van der Waals surface area contributed by atoms with Crippen LogP contribution in [0.2, 0.25) is 5.02 Å². The molecular formula is C23H22ClN3OS2. The van der Waals surface area contributed by atoms with Gasteiger partial charge in [-0.15, -0.1) is 23.1 Å². The van der Waals surface area contributed by atoms with Crippen LogP contribution in [0.3, 0.4) is 0 Å². The Morgan fingerprint density at radius 3 is 2.80 bits per heavy atom. The number of aryl methyl sites for hydroxylation is 1. The fraction of sp³-hybridized carbons (Fsp3) is 0.304. The maximum atomic E-state index is 13.2. The molecule has 2 aromatic rings. The van der Waals surface area contributed by atoms with E-state index in [1.807, 2.05) is 36.3 Å². The lowest BCUT2D eigenvalue weighted by Crippen LogP contribution is -2.39. The highest BCUT2D eigenvalue weighted by Crippen LogP contribution is 2.50. The van der Waals surface area contributed by atoms with Gasteiger partial charge in [0.1, 0.15) is 5.82 Å². The molecule has 0 saturated carbocycles. The van der Waals surface area contributed by atoms with Crippen LogP contribution in [0.4, 0.5) is 5.69 Å². The molecule has 4 nitrogen and oxygen atoms in total. The highest BCUT2D eigenvalue weighted by atomic mass is 35.5. The van der Waals surface area contributed by atoms with Crippen LogP contribution in [0.15, 0.2) is 51.1 Å². The van der Waals surface area contributed by atoms with Gasteiger partial charge in [-0.25, -0.2) is 0 Å². The molecule has 0 amide bonds. The molecule has 7 heteroatoms. The summed E-state index contributed by atoms with van der Waals surface area (Å²) < 4.78 is 1.12. The van der Waals surface area contributed by atoms with E-state index in [4.69, 9.17) is 17.3 Å². The third-order valence-electron chi connectivity index (χ3n) is 5.74. The maximum Gasteiger partial charge on any atom is 0.161 e. The topological polar surface area (TPSA) is 70.1 Å². The number of hydrogen-bond acceptors (Lipinski definition) is 6. The molecule has 0 spiro atoms. The molecule has 1 aliphatic heterocycles. The summed E-state index contributed by atoms with van der Waals surface area (Å²) in [5.74, 6) is 0.0697. The number of thiophene rings is 1. The van der Waals surface area contributed by atoms with Crippen LogP contribution in [-0.2, 0) is 4.79 Å². The van der Waals surface area contributed by atoms with E-state index in [1.165, 1.54) is 0 Å². The zero-order valence-corrected chi connectivity index (χ0v) is 19.5. The standard InChI is InChI=1S/C23H22ClN3OS2/c1-12-10-14(23(29-3)30-12)20-15(11-25)22(26)27(17-7-4-6-16(24)13(17)2)18-8-5-9-19(28)21(18)20/h4,6-7,10,20H,5,8-9,26H2,1-3H3/t20-/m0/s1. The highest BCUT2D eigenvalue weighted by Gasteiger charge is 2.41. The predicted molar refractivity (Wildman–Crippen MR) is 125 cm³/mol. The van der Waals surface area contributed by atoms with Crippen LogP contribution in [-0.4, -0.2) is 12.0 Å². The molecule has 1 aromatic heterocycles. The van der Waals surface area contributed by atoms with Crippen LogP contribution in [0, 0.1) is 25.2 Å². The Hall–Kier alpha value is -2.20. The SMILES string of the molecule is CSc1sc(C)cc1[C@H]1C(C#N)=C(N)N(c2cccc(Cl)c2C)C2=C1C(=O)CCC2. The normalized spacial score (nSPS) is 19.2. The lowest BCUT2D eigenvalue weighted by molar-refractivity contribution is -0.116. The molecule has 0 saturated heterocycles. The molecule has 1 atom stereocenters. The molecule has 0 bridgehead atoms. The fourth-order valence-electron chi connectivity index (χ4n) is 4.38. The second-order valence-corrected chi connectivity index (χ2v) is 10.2. The number of carbonyl (C=O) groups excluding carboxylic acids is 1. The van der Waals surface area contributed by atoms with E-state index in [0.29, 0.717) is 28.4 Å². The molecule has 2 N–H and O–H groups in total. The summed E-state index contributed by atoms with van der Waals surface area (Å²) >= 11 is 9.72. The van der Waals surface area contributed by atoms with E-state index < -0.39 is 5.92 Å². The van der Waals surface area contributed by atoms with E-state index in [-0.39, 0.29) is 5.78 Å². The summed E-state index contributed by atoms with van der Waals surface area (Å²) in [4.78, 5) is 16.3. The largest absolute Gasteiger partial charge is 0.384 e. The van der Waals surface area contributed by atoms with Crippen LogP contribution in [0.1, 0.15) is 41.2 Å². The van der Waals surface area contributed by atoms with E-state index >= 15 is 0 Å². The van der Waals surface area contributed by atoms with Crippen molar-refractivity contribution in [2.24, 2.45) is 5.73 Å². The van der Waals surface area contributed by atoms with Crippen molar-refractivity contribution in [2.75, 3.05) is 11.2 Å². The van der Waals surface area contributed by atoms with Crippen LogP contribution >= 0.6 is 34.7 Å². The third-order valence-corrected chi connectivity index (χ3v) is 8.36. The van der Waals surface area contributed by atoms with Crippen LogP contribution in [0.25, 0.3) is 0 Å². The van der Waals surface area contributed by atoms with Crippen molar-refractivity contribution in [1.82, 2.24) is 0 Å². The number of nitriles is 1. The number of carbonyl (C=O) groups is 1. The first kappa shape index (κ1) is 21.0. The number of halogens is 1. The minimum Gasteiger partial charge on any atom is -0.384 e. The first-order valence-electron chi connectivity index (χ1n) is 9.74. The zero-order chi connectivity index (χ0) is 21.6. The van der Waals surface area contributed by atoms with Crippen molar-refractivity contribution in [1.29, 1.82) is 5.26 Å². The second-order valence-electron chi connectivity index (χ2n) is 7.50. The number of thioether (sulfide) groups is 1. The fourth-order valence-corrected chi connectivity index (χ4v) is 6.47. The Bertz CT molecular complexity index is 1160. The number of Topliss-reactive ketones (excluding diaryl/α,β-unsaturated/α-hetero) is 1. The minimum absolute atomic E-state index is 0.0992. The monoisotopic (exact) mass is 455 g/mol. The van der Waals surface area contributed by atoms with Gasteiger partial charge in [0.15, 0.2) is 5.78 Å². The molecule has 1 aliphatic carbocycles. The summed E-state index contributed by atoms with van der Waals surface area (Å²) in [6.07, 6.45) is 4.03. The quantitative estimate of drug-likeness (QED) is 0.571. The van der Waals surface area contributed by atoms with Crippen LogP contribution < -0.4 is 10.6 Å². The van der Waals surface area contributed by atoms with Crippen molar-refractivity contribution in [3.63, 3.8) is 0 Å². The number of benzene rings is 1. The van der Waals surface area contributed by atoms with Gasteiger partial charge in [-0.3, -0.25) is 9.69 Å². The van der Waals surface area contributed by atoms with Crippen molar-refractivity contribution in [2.45, 2.75) is 43.2 Å². The molecule has 0 fully saturated rings. The van der Waals surface area contributed by atoms with Crippen molar-refractivity contribution in [3.8, 4) is 6.07 Å². The average molecular weight is 456 g/mol. The Balaban J connectivity index is 2.02. The molecule has 154 valence electrons. The lowest BCUT2D eigenvalue weighted by atomic mass is 9.76. The van der Waals surface area contributed by atoms with E-state index in [9.17, 15) is 10.1 Å². The van der Waals surface area contributed by atoms with Crippen molar-refractivity contribution < 1.29 is 4.79 Å². The number of allylic oxidation sites excluding steroid dienone is 3. The van der Waals surface area contributed by atoms with Gasteiger partial charge in [0.2, 0.25) is 0 Å². The minimum atomic E-state index is -0.416. The zero-order valence-electron chi connectivity index (χ0n) is 17.1. The van der Waals surface area contributed by atoms with Crippen LogP contribution in [0.5, 0.6) is 0 Å². The van der Waals surface area contributed by atoms with Gasteiger partial charge >= 0.3 is 0 Å². The predicted octanol–water partition coefficient (Wildman–Crippen LogP) is 6.05. The first-order valence-corrected chi connectivity index (χ1v) is 12.2. The molecule has 30 heavy (non-hydrogen) atoms. The van der Waals surface area contributed by atoms with Gasteiger partial charge in [0.25, 0.3) is 0 Å². The van der Waals surface area contributed by atoms with Crippen molar-refractivity contribution in [3.05, 3.63) is 68.0 Å². The second kappa shape index (κ2) is 8.14. The van der Waals surface area contributed by atoms with Gasteiger partial charge in [0.05, 0.1) is 27.5 Å². The van der Waals surface area contributed by atoms with Gasteiger partial charge in [0, 0.05) is 27.6 Å². The van der Waals surface area contributed by atoms with Gasteiger partial charge < -0.3 is 5.73 Å². The summed E-state index contributed by atoms with van der Waals surface area (Å²) in [5, 5.41) is 10.8. The molecule has 1 aromatic carbocycles. The van der Waals surface area contributed by atoms with Gasteiger partial charge in [-0.1, -0.05) is 17.7 Å². The molecule has 0 radical (unpaired) electrons. The molecular weight excluding hydrogens is 434 g/mol. The van der Waals surface area contributed by atoms with Gasteiger partial charge in [-0.2, -0.15) is 5.26 Å². The molecule has 4 rings (SSSR count). The smallest absolute Gasteiger partial charge is 0.161 e. The maximum absolute atomic E-state index is 13.2. The van der Waals surface area contributed by atoms with Gasteiger partial charge in [-0.05, 0) is 62.3 Å². The number of ketones is 1. The number of rotatable bonds is 3. The Labute approximate surface area is 190 Å². The average Bonchev–Trinajstić information content (AvgIpc) is 3.10. The van der Waals surface area contributed by atoms with E-state index in [1.54, 1.807) is 23.1 Å². The molecule has 0 unspecified atom stereocenters. The Morgan fingerprint density at radius 2 is 2.10 bits per heavy atom. The summed E-state index contributed by atoms with van der Waals surface area (Å²) in [6, 6.07) is 10.1. The number of hydrogen-bond donors (Lipinski definition) is 1. The third kappa shape index (κ3) is 3.26. The molecule has 2 aliphatic rings. The lowest BCUT2D eigenvalue weighted by Gasteiger charge is -2.40. The summed E-state index contributed by atoms with van der Waals surface area (Å²) in [6.45, 7) is 3.98. The number of nitrogens with zero attached hydrogens (tertiary/aromatic N) is 2. The molecule has 2 heterocycles. The Morgan fingerprint density at radius 1 is 1.33 bits per heavy atom. The summed E-state index contributed by atoms with van der Waals surface area (Å²) in [7, 11) is 0. The number of nitrogens with two attached hydrogens (primary N) is 1. The Kier molecular flexibility index (Phi) is 5.71. The number of anilines is 1. The first-order chi connectivity index (χ1) is 14.4. The highest BCUT2D eigenvalue weighted by molar-refractivity contribution is 8.00. The summed E-state index contributed by atoms with van der Waals surface area (Å²) in [5.41, 5.74) is 11.4. The van der Waals surface area contributed by atoms with E-state index in [0.717, 1.165) is 44.4 Å². The van der Waals surface area contributed by atoms with E-state index in [2.05, 4.69) is 19.1 Å². The van der Waals surface area contributed by atoms with Crippen molar-refractivity contribution >= 4 is 46.2 Å².